The topological polar surface area (TPSA) is 59.6 Å². The van der Waals surface area contributed by atoms with Crippen molar-refractivity contribution in [2.75, 3.05) is 18.5 Å². The molecule has 0 heterocycles. The normalized spacial score (nSPS) is 10.2. The Morgan fingerprint density at radius 2 is 1.43 bits per heavy atom. The second-order valence-corrected chi connectivity index (χ2v) is 7.05. The third-order valence-corrected chi connectivity index (χ3v) is 4.55. The highest BCUT2D eigenvalue weighted by molar-refractivity contribution is 7.80. The summed E-state index contributed by atoms with van der Waals surface area (Å²) >= 11 is 5.24. The molecule has 5 nitrogen and oxygen atoms in total. The molecule has 30 heavy (non-hydrogen) atoms. The molecule has 0 saturated carbocycles. The molecule has 0 fully saturated rings. The van der Waals surface area contributed by atoms with Crippen molar-refractivity contribution in [3.8, 4) is 11.5 Å². The molecule has 0 saturated heterocycles. The van der Waals surface area contributed by atoms with Crippen LogP contribution in [0, 0.1) is 6.92 Å². The van der Waals surface area contributed by atoms with E-state index in [4.69, 9.17) is 21.7 Å². The molecule has 0 radical (unpaired) electrons. The van der Waals surface area contributed by atoms with E-state index in [2.05, 4.69) is 10.6 Å². The summed E-state index contributed by atoms with van der Waals surface area (Å²) in [7, 11) is 0. The van der Waals surface area contributed by atoms with E-state index in [1.165, 1.54) is 0 Å². The van der Waals surface area contributed by atoms with Crippen LogP contribution in [0.2, 0.25) is 0 Å². The summed E-state index contributed by atoms with van der Waals surface area (Å²) in [6.45, 7) is 2.88. The predicted octanol–water partition coefficient (Wildman–Crippen LogP) is 4.51. The lowest BCUT2D eigenvalue weighted by Crippen LogP contribution is -2.35. The Kier molecular flexibility index (Phi) is 7.80. The molecule has 0 spiro atoms. The highest BCUT2D eigenvalue weighted by Gasteiger charge is 2.08. The van der Waals surface area contributed by atoms with Crippen LogP contribution in [0.1, 0.15) is 11.1 Å². The Balaban J connectivity index is 1.39. The van der Waals surface area contributed by atoms with Crippen LogP contribution in [0.5, 0.6) is 11.5 Å². The Morgan fingerprint density at radius 3 is 2.10 bits per heavy atom. The van der Waals surface area contributed by atoms with Gasteiger partial charge in [-0.15, -0.1) is 0 Å². The number of amides is 1. The number of thiocarbonyl (C=S) groups is 1. The van der Waals surface area contributed by atoms with E-state index in [1.807, 2.05) is 85.8 Å². The number of hydrogen-bond acceptors (Lipinski definition) is 4. The van der Waals surface area contributed by atoms with Gasteiger partial charge in [-0.25, -0.2) is 0 Å². The van der Waals surface area contributed by atoms with Crippen LogP contribution in [0.4, 0.5) is 5.69 Å². The average Bonchev–Trinajstić information content (AvgIpc) is 2.74. The summed E-state index contributed by atoms with van der Waals surface area (Å²) < 4.78 is 11.3. The molecule has 0 aliphatic rings. The lowest BCUT2D eigenvalue weighted by molar-refractivity contribution is -0.119. The molecule has 1 amide bonds. The third kappa shape index (κ3) is 6.90. The van der Waals surface area contributed by atoms with Crippen LogP contribution in [-0.4, -0.2) is 24.2 Å². The molecule has 2 N–H and O–H groups in total. The fraction of sp³-hybridized carbons (Fsp3) is 0.167. The molecule has 0 atom stereocenters. The van der Waals surface area contributed by atoms with E-state index in [1.54, 1.807) is 0 Å². The van der Waals surface area contributed by atoms with Crippen LogP contribution >= 0.6 is 12.2 Å². The number of carbonyl (C=O) groups excluding carboxylic acids is 1. The van der Waals surface area contributed by atoms with Crippen molar-refractivity contribution in [3.05, 3.63) is 90.0 Å². The lowest BCUT2D eigenvalue weighted by atomic mass is 10.1. The fourth-order valence-corrected chi connectivity index (χ4v) is 3.02. The summed E-state index contributed by atoms with van der Waals surface area (Å²) in [6.07, 6.45) is 0.284. The van der Waals surface area contributed by atoms with Crippen molar-refractivity contribution in [2.24, 2.45) is 0 Å². The van der Waals surface area contributed by atoms with E-state index in [0.717, 1.165) is 28.3 Å². The quantitative estimate of drug-likeness (QED) is 0.415. The third-order valence-electron chi connectivity index (χ3n) is 4.34. The number of aryl methyl sites for hydroxylation is 1. The number of rotatable bonds is 8. The molecule has 0 unspecified atom stereocenters. The second-order valence-electron chi connectivity index (χ2n) is 6.64. The number of benzene rings is 3. The van der Waals surface area contributed by atoms with E-state index in [0.29, 0.717) is 13.2 Å². The number of anilines is 1. The summed E-state index contributed by atoms with van der Waals surface area (Å²) in [5.41, 5.74) is 2.83. The van der Waals surface area contributed by atoms with Gasteiger partial charge in [-0.05, 0) is 66.7 Å². The number of hydrogen-bond donors (Lipinski definition) is 2. The first-order valence-corrected chi connectivity index (χ1v) is 10.1. The van der Waals surface area contributed by atoms with Crippen molar-refractivity contribution < 1.29 is 14.3 Å². The standard InChI is InChI=1S/C24H24N2O3S/c1-18-7-5-6-8-19(18)17-23(27)26-24(30)25-20-11-13-22(14-12-20)29-16-15-28-21-9-3-2-4-10-21/h2-14H,15-17H2,1H3,(H2,25,26,27,30). The highest BCUT2D eigenvalue weighted by atomic mass is 32.1. The van der Waals surface area contributed by atoms with Gasteiger partial charge < -0.3 is 20.1 Å². The Labute approximate surface area is 182 Å². The van der Waals surface area contributed by atoms with E-state index in [-0.39, 0.29) is 17.4 Å². The van der Waals surface area contributed by atoms with Gasteiger partial charge in [-0.3, -0.25) is 4.79 Å². The first-order chi connectivity index (χ1) is 14.6. The Bertz CT molecular complexity index is 975. The zero-order chi connectivity index (χ0) is 21.2. The summed E-state index contributed by atoms with van der Waals surface area (Å²) in [6, 6.07) is 24.8. The van der Waals surface area contributed by atoms with Crippen molar-refractivity contribution in [1.82, 2.24) is 5.32 Å². The van der Waals surface area contributed by atoms with Crippen LogP contribution in [0.3, 0.4) is 0 Å². The molecule has 0 bridgehead atoms. The van der Waals surface area contributed by atoms with Gasteiger partial charge in [0.2, 0.25) is 5.91 Å². The molecular formula is C24H24N2O3S. The largest absolute Gasteiger partial charge is 0.490 e. The summed E-state index contributed by atoms with van der Waals surface area (Å²) in [4.78, 5) is 12.2. The first kappa shape index (κ1) is 21.3. The zero-order valence-electron chi connectivity index (χ0n) is 16.8. The average molecular weight is 421 g/mol. The maximum absolute atomic E-state index is 12.2. The van der Waals surface area contributed by atoms with Crippen LogP contribution in [0.15, 0.2) is 78.9 Å². The Morgan fingerprint density at radius 1 is 0.833 bits per heavy atom. The molecular weight excluding hydrogens is 396 g/mol. The monoisotopic (exact) mass is 420 g/mol. The fourth-order valence-electron chi connectivity index (χ4n) is 2.78. The molecule has 6 heteroatoms. The Hall–Kier alpha value is -3.38. The SMILES string of the molecule is Cc1ccccc1CC(=O)NC(=S)Nc1ccc(OCCOc2ccccc2)cc1. The minimum absolute atomic E-state index is 0.153. The highest BCUT2D eigenvalue weighted by Crippen LogP contribution is 2.16. The second kappa shape index (κ2) is 11.0. The van der Waals surface area contributed by atoms with Crippen molar-refractivity contribution in [1.29, 1.82) is 0 Å². The van der Waals surface area contributed by atoms with Gasteiger partial charge in [0.05, 0.1) is 6.42 Å². The van der Waals surface area contributed by atoms with E-state index in [9.17, 15) is 4.79 Å². The summed E-state index contributed by atoms with van der Waals surface area (Å²) in [5, 5.41) is 5.98. The minimum Gasteiger partial charge on any atom is -0.490 e. The predicted molar refractivity (Wildman–Crippen MR) is 123 cm³/mol. The molecule has 0 aliphatic heterocycles. The zero-order valence-corrected chi connectivity index (χ0v) is 17.6. The van der Waals surface area contributed by atoms with E-state index < -0.39 is 0 Å². The van der Waals surface area contributed by atoms with Gasteiger partial charge >= 0.3 is 0 Å². The van der Waals surface area contributed by atoms with Gasteiger partial charge in [-0.2, -0.15) is 0 Å². The number of ether oxygens (including phenoxy) is 2. The maximum Gasteiger partial charge on any atom is 0.230 e. The van der Waals surface area contributed by atoms with E-state index >= 15 is 0 Å². The number of nitrogens with one attached hydrogen (secondary N) is 2. The van der Waals surface area contributed by atoms with Gasteiger partial charge in [0, 0.05) is 5.69 Å². The molecule has 3 aromatic rings. The first-order valence-electron chi connectivity index (χ1n) is 9.66. The molecule has 0 aromatic heterocycles. The number of para-hydroxylation sites is 1. The van der Waals surface area contributed by atoms with Crippen LogP contribution < -0.4 is 20.1 Å². The lowest BCUT2D eigenvalue weighted by Gasteiger charge is -2.12. The van der Waals surface area contributed by atoms with Crippen LogP contribution in [0.25, 0.3) is 0 Å². The molecule has 3 rings (SSSR count). The van der Waals surface area contributed by atoms with Crippen LogP contribution in [-0.2, 0) is 11.2 Å². The number of carbonyl (C=O) groups is 1. The molecule has 154 valence electrons. The minimum atomic E-state index is -0.153. The van der Waals surface area contributed by atoms with Gasteiger partial charge in [0.15, 0.2) is 5.11 Å². The van der Waals surface area contributed by atoms with Gasteiger partial charge in [0.25, 0.3) is 0 Å². The van der Waals surface area contributed by atoms with Gasteiger partial charge in [-0.1, -0.05) is 42.5 Å². The smallest absolute Gasteiger partial charge is 0.230 e. The summed E-state index contributed by atoms with van der Waals surface area (Å²) in [5.74, 6) is 1.39. The van der Waals surface area contributed by atoms with Crippen molar-refractivity contribution in [2.45, 2.75) is 13.3 Å². The van der Waals surface area contributed by atoms with Gasteiger partial charge in [0.1, 0.15) is 24.7 Å². The molecule has 3 aromatic carbocycles. The maximum atomic E-state index is 12.2. The molecule has 0 aliphatic carbocycles. The van der Waals surface area contributed by atoms with Crippen molar-refractivity contribution >= 4 is 28.9 Å². The van der Waals surface area contributed by atoms with Crippen molar-refractivity contribution in [3.63, 3.8) is 0 Å².